The molecule has 0 radical (unpaired) electrons. The third-order valence-corrected chi connectivity index (χ3v) is 2.93. The molecular weight excluding hydrogens is 180 g/mol. The summed E-state index contributed by atoms with van der Waals surface area (Å²) in [5.74, 6) is 0.542. The Balaban J connectivity index is 2.73. The summed E-state index contributed by atoms with van der Waals surface area (Å²) >= 11 is 7.15. The lowest BCUT2D eigenvalue weighted by atomic mass is 10.1. The van der Waals surface area contributed by atoms with Gasteiger partial charge in [0.1, 0.15) is 5.01 Å². The molecule has 4 heteroatoms. The minimum atomic E-state index is 0.542. The Kier molecular flexibility index (Phi) is 3.27. The number of rotatable bonds is 3. The van der Waals surface area contributed by atoms with Gasteiger partial charge in [0.15, 0.2) is 0 Å². The van der Waals surface area contributed by atoms with Crippen LogP contribution in [0.4, 0.5) is 0 Å². The van der Waals surface area contributed by atoms with Crippen molar-refractivity contribution in [2.75, 3.05) is 0 Å². The Morgan fingerprint density at radius 3 is 2.36 bits per heavy atom. The predicted octanol–water partition coefficient (Wildman–Crippen LogP) is 3.10. The molecule has 0 atom stereocenters. The minimum Gasteiger partial charge on any atom is -0.142 e. The van der Waals surface area contributed by atoms with Gasteiger partial charge in [-0.05, 0) is 24.4 Å². The number of nitrogens with zero attached hydrogens (tertiary/aromatic N) is 2. The average molecular weight is 191 g/mol. The van der Waals surface area contributed by atoms with E-state index in [1.54, 1.807) is 0 Å². The molecule has 2 nitrogen and oxygen atoms in total. The highest BCUT2D eigenvalue weighted by Gasteiger charge is 2.11. The van der Waals surface area contributed by atoms with Crippen molar-refractivity contribution in [3.05, 3.63) is 9.47 Å². The highest BCUT2D eigenvalue weighted by molar-refractivity contribution is 7.15. The van der Waals surface area contributed by atoms with Gasteiger partial charge in [-0.25, -0.2) is 0 Å². The lowest BCUT2D eigenvalue weighted by Gasteiger charge is -2.05. The van der Waals surface area contributed by atoms with Crippen LogP contribution >= 0.6 is 22.9 Å². The van der Waals surface area contributed by atoms with Gasteiger partial charge in [-0.3, -0.25) is 0 Å². The van der Waals surface area contributed by atoms with Crippen molar-refractivity contribution >= 4 is 22.9 Å². The molecule has 0 aromatic carbocycles. The Morgan fingerprint density at radius 2 is 2.00 bits per heavy atom. The van der Waals surface area contributed by atoms with Crippen LogP contribution in [-0.4, -0.2) is 10.2 Å². The Hall–Kier alpha value is -0.150. The zero-order chi connectivity index (χ0) is 8.27. The molecule has 0 saturated carbocycles. The quantitative estimate of drug-likeness (QED) is 0.732. The summed E-state index contributed by atoms with van der Waals surface area (Å²) < 4.78 is 0.548. The van der Waals surface area contributed by atoms with Gasteiger partial charge in [-0.2, -0.15) is 0 Å². The average Bonchev–Trinajstić information content (AvgIpc) is 2.39. The molecule has 1 rings (SSSR count). The maximum atomic E-state index is 5.66. The molecule has 0 N–H and O–H groups in total. The van der Waals surface area contributed by atoms with Crippen LogP contribution in [0.1, 0.15) is 37.6 Å². The minimum absolute atomic E-state index is 0.542. The van der Waals surface area contributed by atoms with E-state index in [2.05, 4.69) is 24.0 Å². The van der Waals surface area contributed by atoms with Crippen LogP contribution in [0.15, 0.2) is 0 Å². The molecule has 1 aromatic heterocycles. The second-order valence-electron chi connectivity index (χ2n) is 2.41. The molecule has 0 aliphatic heterocycles. The molecule has 0 amide bonds. The first-order valence-corrected chi connectivity index (χ1v) is 4.96. The third kappa shape index (κ3) is 2.14. The first-order valence-electron chi connectivity index (χ1n) is 3.76. The number of hydrogen-bond donors (Lipinski definition) is 0. The fourth-order valence-corrected chi connectivity index (χ4v) is 2.13. The van der Waals surface area contributed by atoms with Crippen LogP contribution < -0.4 is 0 Å². The summed E-state index contributed by atoms with van der Waals surface area (Å²) in [5, 5.41) is 8.83. The van der Waals surface area contributed by atoms with Crippen molar-refractivity contribution in [1.82, 2.24) is 10.2 Å². The highest BCUT2D eigenvalue weighted by atomic mass is 35.5. The zero-order valence-electron chi connectivity index (χ0n) is 6.67. The van der Waals surface area contributed by atoms with Crippen molar-refractivity contribution < 1.29 is 0 Å². The monoisotopic (exact) mass is 190 g/mol. The largest absolute Gasteiger partial charge is 0.207 e. The lowest BCUT2D eigenvalue weighted by molar-refractivity contribution is 0.630. The highest BCUT2D eigenvalue weighted by Crippen LogP contribution is 2.27. The van der Waals surface area contributed by atoms with E-state index in [0.717, 1.165) is 17.8 Å². The Morgan fingerprint density at radius 1 is 1.36 bits per heavy atom. The second-order valence-corrected chi connectivity index (χ2v) is 4.00. The van der Waals surface area contributed by atoms with Crippen molar-refractivity contribution in [2.45, 2.75) is 32.6 Å². The molecule has 0 fully saturated rings. The summed E-state index contributed by atoms with van der Waals surface area (Å²) in [4.78, 5) is 0. The van der Waals surface area contributed by atoms with Gasteiger partial charge in [0.2, 0.25) is 4.47 Å². The SMILES string of the molecule is CCC(CC)c1nnc(Cl)s1. The van der Waals surface area contributed by atoms with Crippen LogP contribution in [0.5, 0.6) is 0 Å². The van der Waals surface area contributed by atoms with Gasteiger partial charge in [0, 0.05) is 5.92 Å². The van der Waals surface area contributed by atoms with E-state index in [-0.39, 0.29) is 0 Å². The van der Waals surface area contributed by atoms with Gasteiger partial charge < -0.3 is 0 Å². The van der Waals surface area contributed by atoms with Crippen LogP contribution in [0.3, 0.4) is 0 Å². The molecule has 0 unspecified atom stereocenters. The lowest BCUT2D eigenvalue weighted by Crippen LogP contribution is -1.93. The summed E-state index contributed by atoms with van der Waals surface area (Å²) in [6.45, 7) is 4.31. The summed E-state index contributed by atoms with van der Waals surface area (Å²) in [6.07, 6.45) is 2.23. The number of halogens is 1. The van der Waals surface area contributed by atoms with Crippen molar-refractivity contribution in [1.29, 1.82) is 0 Å². The molecule has 11 heavy (non-hydrogen) atoms. The van der Waals surface area contributed by atoms with E-state index < -0.39 is 0 Å². The molecule has 1 heterocycles. The van der Waals surface area contributed by atoms with E-state index in [1.807, 2.05) is 0 Å². The van der Waals surface area contributed by atoms with Gasteiger partial charge in [-0.1, -0.05) is 25.2 Å². The molecule has 0 bridgehead atoms. The molecular formula is C7H11ClN2S. The predicted molar refractivity (Wildman–Crippen MR) is 48.2 cm³/mol. The number of aromatic nitrogens is 2. The molecule has 0 spiro atoms. The Labute approximate surface area is 75.6 Å². The Bertz CT molecular complexity index is 220. The first kappa shape index (κ1) is 8.94. The smallest absolute Gasteiger partial charge is 0.142 e. The van der Waals surface area contributed by atoms with Crippen LogP contribution in [0.25, 0.3) is 0 Å². The summed E-state index contributed by atoms with van der Waals surface area (Å²) in [7, 11) is 0. The summed E-state index contributed by atoms with van der Waals surface area (Å²) in [5.41, 5.74) is 0. The van der Waals surface area contributed by atoms with E-state index >= 15 is 0 Å². The maximum Gasteiger partial charge on any atom is 0.207 e. The topological polar surface area (TPSA) is 25.8 Å². The second kappa shape index (κ2) is 4.02. The van der Waals surface area contributed by atoms with Crippen LogP contribution in [0, 0.1) is 0 Å². The van der Waals surface area contributed by atoms with Crippen LogP contribution in [0.2, 0.25) is 4.47 Å². The van der Waals surface area contributed by atoms with E-state index in [0.29, 0.717) is 10.4 Å². The van der Waals surface area contributed by atoms with Crippen molar-refractivity contribution in [2.24, 2.45) is 0 Å². The summed E-state index contributed by atoms with van der Waals surface area (Å²) in [6, 6.07) is 0. The van der Waals surface area contributed by atoms with Gasteiger partial charge in [0.25, 0.3) is 0 Å². The first-order chi connectivity index (χ1) is 5.27. The van der Waals surface area contributed by atoms with Gasteiger partial charge in [0.05, 0.1) is 0 Å². The van der Waals surface area contributed by atoms with Crippen LogP contribution in [-0.2, 0) is 0 Å². The fraction of sp³-hybridized carbons (Fsp3) is 0.714. The van der Waals surface area contributed by atoms with E-state index in [9.17, 15) is 0 Å². The van der Waals surface area contributed by atoms with Gasteiger partial charge >= 0.3 is 0 Å². The third-order valence-electron chi connectivity index (χ3n) is 1.75. The van der Waals surface area contributed by atoms with E-state index in [1.165, 1.54) is 11.3 Å². The molecule has 0 aliphatic rings. The molecule has 0 saturated heterocycles. The molecule has 1 aromatic rings. The van der Waals surface area contributed by atoms with Gasteiger partial charge in [-0.15, -0.1) is 10.2 Å². The van der Waals surface area contributed by atoms with E-state index in [4.69, 9.17) is 11.6 Å². The fourth-order valence-electron chi connectivity index (χ4n) is 1.02. The van der Waals surface area contributed by atoms with Crippen molar-refractivity contribution in [3.8, 4) is 0 Å². The standard InChI is InChI=1S/C7H11ClN2S/c1-3-5(4-2)6-9-10-7(8)11-6/h5H,3-4H2,1-2H3. The zero-order valence-corrected chi connectivity index (χ0v) is 8.24. The van der Waals surface area contributed by atoms with Crippen molar-refractivity contribution in [3.63, 3.8) is 0 Å². The maximum absolute atomic E-state index is 5.66. The number of hydrogen-bond acceptors (Lipinski definition) is 3. The molecule has 62 valence electrons. The molecule has 0 aliphatic carbocycles. The normalized spacial score (nSPS) is 10.9.